The second kappa shape index (κ2) is 9.94. The topological polar surface area (TPSA) is 87.3 Å². The molecule has 0 aromatic heterocycles. The van der Waals surface area contributed by atoms with E-state index >= 15 is 0 Å². The zero-order valence-electron chi connectivity index (χ0n) is 16.5. The molecule has 0 radical (unpaired) electrons. The number of benzene rings is 1. The summed E-state index contributed by atoms with van der Waals surface area (Å²) < 4.78 is 0. The van der Waals surface area contributed by atoms with Crippen molar-refractivity contribution in [1.29, 1.82) is 0 Å². The second-order valence-corrected chi connectivity index (χ2v) is 7.58. The third-order valence-corrected chi connectivity index (χ3v) is 3.91. The Labute approximate surface area is 156 Å². The molecule has 6 heteroatoms. The first-order valence-electron chi connectivity index (χ1n) is 9.06. The molecule has 6 nitrogen and oxygen atoms in total. The molecule has 0 heterocycles. The van der Waals surface area contributed by atoms with Crippen molar-refractivity contribution in [3.05, 3.63) is 23.8 Å². The summed E-state index contributed by atoms with van der Waals surface area (Å²) in [7, 11) is 0. The average Bonchev–Trinajstić information content (AvgIpc) is 2.52. The largest absolute Gasteiger partial charge is 0.356 e. The van der Waals surface area contributed by atoms with E-state index in [9.17, 15) is 14.4 Å². The van der Waals surface area contributed by atoms with Crippen molar-refractivity contribution in [1.82, 2.24) is 5.32 Å². The molecule has 0 aliphatic rings. The van der Waals surface area contributed by atoms with E-state index in [-0.39, 0.29) is 17.7 Å². The summed E-state index contributed by atoms with van der Waals surface area (Å²) in [5, 5.41) is 8.52. The van der Waals surface area contributed by atoms with Gasteiger partial charge in [0.2, 0.25) is 17.7 Å². The normalized spacial score (nSPS) is 11.0. The highest BCUT2D eigenvalue weighted by atomic mass is 16.2. The van der Waals surface area contributed by atoms with Crippen LogP contribution in [0.5, 0.6) is 0 Å². The van der Waals surface area contributed by atoms with E-state index in [0.29, 0.717) is 24.3 Å². The van der Waals surface area contributed by atoms with Gasteiger partial charge in [0.25, 0.3) is 0 Å². The summed E-state index contributed by atoms with van der Waals surface area (Å²) in [5.41, 5.74) is 1.84. The lowest BCUT2D eigenvalue weighted by Gasteiger charge is -2.18. The molecule has 0 atom stereocenters. The smallest absolute Gasteiger partial charge is 0.229 e. The Kier molecular flexibility index (Phi) is 8.29. The Hall–Kier alpha value is -2.37. The Balaban J connectivity index is 2.50. The lowest BCUT2D eigenvalue weighted by molar-refractivity contribution is -0.123. The summed E-state index contributed by atoms with van der Waals surface area (Å²) >= 11 is 0. The van der Waals surface area contributed by atoms with Gasteiger partial charge in [-0.25, -0.2) is 0 Å². The summed E-state index contributed by atoms with van der Waals surface area (Å²) in [6, 6.07) is 5.49. The van der Waals surface area contributed by atoms with E-state index in [1.165, 1.54) is 6.92 Å². The van der Waals surface area contributed by atoms with E-state index < -0.39 is 5.41 Å². The number of aryl methyl sites for hydroxylation is 1. The van der Waals surface area contributed by atoms with Crippen molar-refractivity contribution in [3.8, 4) is 0 Å². The van der Waals surface area contributed by atoms with Crippen molar-refractivity contribution in [2.75, 3.05) is 17.2 Å². The quantitative estimate of drug-likeness (QED) is 0.618. The van der Waals surface area contributed by atoms with Crippen molar-refractivity contribution in [3.63, 3.8) is 0 Å². The number of rotatable bonds is 8. The predicted octanol–water partition coefficient (Wildman–Crippen LogP) is 3.61. The van der Waals surface area contributed by atoms with Gasteiger partial charge in [-0.05, 0) is 37.5 Å². The lowest BCUT2D eigenvalue weighted by atomic mass is 9.95. The molecular formula is C20H31N3O3. The van der Waals surface area contributed by atoms with Crippen molar-refractivity contribution in [2.24, 2.45) is 5.41 Å². The standard InChI is InChI=1S/C20H31N3O3/c1-14-10-11-16(22-19(26)20(3,4)5)13-17(14)23-18(25)9-7-6-8-12-21-15(2)24/h10-11,13H,6-9,12H2,1-5H3,(H,21,24)(H,22,26)(H,23,25). The minimum Gasteiger partial charge on any atom is -0.356 e. The zero-order valence-corrected chi connectivity index (χ0v) is 16.5. The maximum absolute atomic E-state index is 12.1. The van der Waals surface area contributed by atoms with E-state index in [0.717, 1.165) is 24.8 Å². The third-order valence-electron chi connectivity index (χ3n) is 3.91. The van der Waals surface area contributed by atoms with Crippen LogP contribution in [-0.4, -0.2) is 24.3 Å². The Morgan fingerprint density at radius 1 is 1.00 bits per heavy atom. The van der Waals surface area contributed by atoms with Gasteiger partial charge >= 0.3 is 0 Å². The minimum atomic E-state index is -0.481. The lowest BCUT2D eigenvalue weighted by Crippen LogP contribution is -2.27. The van der Waals surface area contributed by atoms with E-state index in [2.05, 4.69) is 16.0 Å². The number of anilines is 2. The molecule has 0 aliphatic carbocycles. The summed E-state index contributed by atoms with van der Waals surface area (Å²) in [4.78, 5) is 35.0. The van der Waals surface area contributed by atoms with Gasteiger partial charge in [-0.3, -0.25) is 14.4 Å². The first-order valence-corrected chi connectivity index (χ1v) is 9.06. The minimum absolute atomic E-state index is 0.0309. The number of carbonyl (C=O) groups excluding carboxylic acids is 3. The fraction of sp³-hybridized carbons (Fsp3) is 0.550. The van der Waals surface area contributed by atoms with E-state index in [4.69, 9.17) is 0 Å². The number of hydrogen-bond acceptors (Lipinski definition) is 3. The van der Waals surface area contributed by atoms with Crippen LogP contribution < -0.4 is 16.0 Å². The van der Waals surface area contributed by atoms with Crippen LogP contribution in [0.2, 0.25) is 0 Å². The number of nitrogens with one attached hydrogen (secondary N) is 3. The average molecular weight is 361 g/mol. The monoisotopic (exact) mass is 361 g/mol. The summed E-state index contributed by atoms with van der Waals surface area (Å²) in [6.07, 6.45) is 2.94. The van der Waals surface area contributed by atoms with Gasteiger partial charge in [0.1, 0.15) is 0 Å². The number of hydrogen-bond donors (Lipinski definition) is 3. The first-order chi connectivity index (χ1) is 12.1. The van der Waals surface area contributed by atoms with Gasteiger partial charge in [-0.15, -0.1) is 0 Å². The molecule has 3 amide bonds. The first kappa shape index (κ1) is 21.7. The second-order valence-electron chi connectivity index (χ2n) is 7.58. The Morgan fingerprint density at radius 3 is 2.31 bits per heavy atom. The van der Waals surface area contributed by atoms with Crippen LogP contribution in [0.15, 0.2) is 18.2 Å². The van der Waals surface area contributed by atoms with Gasteiger partial charge in [-0.2, -0.15) is 0 Å². The van der Waals surface area contributed by atoms with Gasteiger partial charge in [0, 0.05) is 36.7 Å². The number of amides is 3. The van der Waals surface area contributed by atoms with Crippen LogP contribution in [0.1, 0.15) is 58.9 Å². The van der Waals surface area contributed by atoms with Crippen LogP contribution in [0.4, 0.5) is 11.4 Å². The summed E-state index contributed by atoms with van der Waals surface area (Å²) in [6.45, 7) is 9.61. The Bertz CT molecular complexity index is 648. The molecule has 144 valence electrons. The molecule has 0 saturated carbocycles. The van der Waals surface area contributed by atoms with Crippen LogP contribution in [-0.2, 0) is 14.4 Å². The number of unbranched alkanes of at least 4 members (excludes halogenated alkanes) is 2. The van der Waals surface area contributed by atoms with Gasteiger partial charge in [0.15, 0.2) is 0 Å². The molecule has 1 rings (SSSR count). The number of carbonyl (C=O) groups is 3. The molecule has 26 heavy (non-hydrogen) atoms. The fourth-order valence-electron chi connectivity index (χ4n) is 2.22. The molecule has 3 N–H and O–H groups in total. The van der Waals surface area contributed by atoms with Gasteiger partial charge in [0.05, 0.1) is 0 Å². The molecule has 0 bridgehead atoms. The molecule has 0 spiro atoms. The highest BCUT2D eigenvalue weighted by molar-refractivity contribution is 5.96. The maximum Gasteiger partial charge on any atom is 0.229 e. The highest BCUT2D eigenvalue weighted by Crippen LogP contribution is 2.23. The highest BCUT2D eigenvalue weighted by Gasteiger charge is 2.21. The molecular weight excluding hydrogens is 330 g/mol. The van der Waals surface area contributed by atoms with Crippen molar-refractivity contribution < 1.29 is 14.4 Å². The SMILES string of the molecule is CC(=O)NCCCCCC(=O)Nc1cc(NC(=O)C(C)(C)C)ccc1C. The third kappa shape index (κ3) is 8.14. The van der Waals surface area contributed by atoms with Crippen LogP contribution in [0.25, 0.3) is 0 Å². The fourth-order valence-corrected chi connectivity index (χ4v) is 2.22. The molecule has 0 unspecified atom stereocenters. The van der Waals surface area contributed by atoms with Crippen LogP contribution in [0, 0.1) is 12.3 Å². The maximum atomic E-state index is 12.1. The van der Waals surface area contributed by atoms with Crippen LogP contribution in [0.3, 0.4) is 0 Å². The van der Waals surface area contributed by atoms with Gasteiger partial charge in [-0.1, -0.05) is 33.3 Å². The molecule has 1 aromatic carbocycles. The molecule has 0 saturated heterocycles. The summed E-state index contributed by atoms with van der Waals surface area (Å²) in [5.74, 6) is -0.152. The Morgan fingerprint density at radius 2 is 1.69 bits per heavy atom. The van der Waals surface area contributed by atoms with Crippen molar-refractivity contribution >= 4 is 29.1 Å². The molecule has 0 fully saturated rings. The van der Waals surface area contributed by atoms with E-state index in [1.54, 1.807) is 6.07 Å². The molecule has 1 aromatic rings. The van der Waals surface area contributed by atoms with Crippen molar-refractivity contribution in [2.45, 2.75) is 60.3 Å². The molecule has 0 aliphatic heterocycles. The van der Waals surface area contributed by atoms with Crippen LogP contribution >= 0.6 is 0 Å². The van der Waals surface area contributed by atoms with Gasteiger partial charge < -0.3 is 16.0 Å². The zero-order chi connectivity index (χ0) is 19.7. The van der Waals surface area contributed by atoms with E-state index in [1.807, 2.05) is 39.8 Å². The predicted molar refractivity (Wildman–Crippen MR) is 105 cm³/mol.